The molecule has 0 bridgehead atoms. The van der Waals surface area contributed by atoms with Crippen LogP contribution in [0.2, 0.25) is 10.0 Å². The molecule has 1 aromatic heterocycles. The topological polar surface area (TPSA) is 84.3 Å². The number of hydrogen-bond donors (Lipinski definition) is 2. The van der Waals surface area contributed by atoms with Gasteiger partial charge in [0.25, 0.3) is 5.91 Å². The maximum atomic E-state index is 12.6. The molecule has 1 amide bonds. The van der Waals surface area contributed by atoms with E-state index in [1.54, 1.807) is 19.1 Å². The lowest BCUT2D eigenvalue weighted by atomic mass is 10.1. The van der Waals surface area contributed by atoms with Gasteiger partial charge in [-0.25, -0.2) is 9.97 Å². The number of nitrogens with zero attached hydrogens (tertiary/aromatic N) is 2. The van der Waals surface area contributed by atoms with E-state index in [9.17, 15) is 23.1 Å². The van der Waals surface area contributed by atoms with Crippen LogP contribution >= 0.6 is 23.2 Å². The molecule has 0 aliphatic carbocycles. The normalized spacial score (nSPS) is 12.3. The predicted molar refractivity (Wildman–Crippen MR) is 114 cm³/mol. The molecular formula is C21H16Cl2F3N3O3. The Balaban J connectivity index is 2.05. The van der Waals surface area contributed by atoms with E-state index in [-0.39, 0.29) is 28.8 Å². The second-order valence-electron chi connectivity index (χ2n) is 6.72. The van der Waals surface area contributed by atoms with Gasteiger partial charge in [-0.3, -0.25) is 4.79 Å². The Morgan fingerprint density at radius 1 is 1.06 bits per heavy atom. The molecular weight excluding hydrogens is 470 g/mol. The number of alkyl halides is 3. The van der Waals surface area contributed by atoms with Gasteiger partial charge in [0.05, 0.1) is 22.3 Å². The molecule has 0 saturated heterocycles. The summed E-state index contributed by atoms with van der Waals surface area (Å²) >= 11 is 12.0. The number of aliphatic hydroxyl groups excluding tert-OH is 1. The van der Waals surface area contributed by atoms with Gasteiger partial charge in [-0.15, -0.1) is 13.2 Å². The van der Waals surface area contributed by atoms with Crippen molar-refractivity contribution in [3.05, 3.63) is 64.3 Å². The molecule has 3 rings (SSSR count). The van der Waals surface area contributed by atoms with E-state index in [1.807, 2.05) is 0 Å². The van der Waals surface area contributed by atoms with Crippen molar-refractivity contribution in [2.75, 3.05) is 6.61 Å². The fourth-order valence-electron chi connectivity index (χ4n) is 2.65. The first-order valence-electron chi connectivity index (χ1n) is 9.18. The van der Waals surface area contributed by atoms with Crippen molar-refractivity contribution in [2.45, 2.75) is 19.3 Å². The number of rotatable bonds is 6. The van der Waals surface area contributed by atoms with Crippen molar-refractivity contribution >= 4 is 29.1 Å². The van der Waals surface area contributed by atoms with Gasteiger partial charge in [-0.1, -0.05) is 23.2 Å². The summed E-state index contributed by atoms with van der Waals surface area (Å²) in [4.78, 5) is 21.3. The third-order valence-corrected chi connectivity index (χ3v) is 4.91. The summed E-state index contributed by atoms with van der Waals surface area (Å²) in [5, 5.41) is 12.4. The molecule has 0 fully saturated rings. The first-order chi connectivity index (χ1) is 15.1. The number of hydrogen-bond acceptors (Lipinski definition) is 5. The maximum absolute atomic E-state index is 12.6. The van der Waals surface area contributed by atoms with Gasteiger partial charge in [0, 0.05) is 17.2 Å². The molecule has 1 atom stereocenters. The highest BCUT2D eigenvalue weighted by Crippen LogP contribution is 2.30. The number of carbonyl (C=O) groups excluding carboxylic acids is 1. The SMILES string of the molecule is CC(CO)NC(=O)c1cc(-c2ccc(OC(F)(F)F)cc2)nc(-c2ccc(Cl)c(Cl)c2)n1. The van der Waals surface area contributed by atoms with Gasteiger partial charge in [-0.05, 0) is 55.5 Å². The Hall–Kier alpha value is -2.88. The Kier molecular flexibility index (Phi) is 7.22. The van der Waals surface area contributed by atoms with E-state index >= 15 is 0 Å². The summed E-state index contributed by atoms with van der Waals surface area (Å²) in [6.07, 6.45) is -4.81. The van der Waals surface area contributed by atoms with Gasteiger partial charge in [0.1, 0.15) is 11.4 Å². The molecule has 2 N–H and O–H groups in total. The van der Waals surface area contributed by atoms with E-state index < -0.39 is 24.1 Å². The van der Waals surface area contributed by atoms with Crippen LogP contribution in [-0.2, 0) is 0 Å². The van der Waals surface area contributed by atoms with Gasteiger partial charge < -0.3 is 15.2 Å². The fraction of sp³-hybridized carbons (Fsp3) is 0.190. The maximum Gasteiger partial charge on any atom is 0.573 e. The van der Waals surface area contributed by atoms with Gasteiger partial charge in [-0.2, -0.15) is 0 Å². The van der Waals surface area contributed by atoms with Crippen LogP contribution in [-0.4, -0.2) is 40.0 Å². The number of aromatic nitrogens is 2. The minimum Gasteiger partial charge on any atom is -0.406 e. The molecule has 32 heavy (non-hydrogen) atoms. The highest BCUT2D eigenvalue weighted by Gasteiger charge is 2.31. The quantitative estimate of drug-likeness (QED) is 0.505. The largest absolute Gasteiger partial charge is 0.573 e. The molecule has 1 heterocycles. The van der Waals surface area contributed by atoms with Crippen LogP contribution in [0.15, 0.2) is 48.5 Å². The summed E-state index contributed by atoms with van der Waals surface area (Å²) in [7, 11) is 0. The van der Waals surface area contributed by atoms with Crippen molar-refractivity contribution in [1.82, 2.24) is 15.3 Å². The average Bonchev–Trinajstić information content (AvgIpc) is 2.74. The first kappa shape index (κ1) is 23.8. The number of amides is 1. The lowest BCUT2D eigenvalue weighted by Crippen LogP contribution is -2.35. The highest BCUT2D eigenvalue weighted by molar-refractivity contribution is 6.42. The van der Waals surface area contributed by atoms with Gasteiger partial charge >= 0.3 is 6.36 Å². The summed E-state index contributed by atoms with van der Waals surface area (Å²) < 4.78 is 41.1. The minimum atomic E-state index is -4.81. The molecule has 168 valence electrons. The standard InChI is InChI=1S/C21H16Cl2F3N3O3/c1-11(10-30)27-20(31)18-9-17(12-2-5-14(6-3-12)32-21(24,25)26)28-19(29-18)13-4-7-15(22)16(23)8-13/h2-9,11,30H,10H2,1H3,(H,27,31). The van der Waals surface area contributed by atoms with E-state index in [2.05, 4.69) is 20.0 Å². The van der Waals surface area contributed by atoms with Crippen LogP contribution in [0.1, 0.15) is 17.4 Å². The molecule has 2 aromatic carbocycles. The number of halogens is 5. The second kappa shape index (κ2) is 9.72. The van der Waals surface area contributed by atoms with Crippen LogP contribution in [0.4, 0.5) is 13.2 Å². The Morgan fingerprint density at radius 2 is 1.72 bits per heavy atom. The van der Waals surface area contributed by atoms with Crippen LogP contribution < -0.4 is 10.1 Å². The summed E-state index contributed by atoms with van der Waals surface area (Å²) in [5.74, 6) is -0.804. The van der Waals surface area contributed by atoms with E-state index in [0.717, 1.165) is 12.1 Å². The average molecular weight is 486 g/mol. The highest BCUT2D eigenvalue weighted by atomic mass is 35.5. The number of nitrogens with one attached hydrogen (secondary N) is 1. The third kappa shape index (κ3) is 6.09. The summed E-state index contributed by atoms with van der Waals surface area (Å²) in [6, 6.07) is 10.6. The zero-order valence-electron chi connectivity index (χ0n) is 16.5. The van der Waals surface area contributed by atoms with Crippen LogP contribution in [0, 0.1) is 0 Å². The minimum absolute atomic E-state index is 0.00742. The lowest BCUT2D eigenvalue weighted by molar-refractivity contribution is -0.274. The smallest absolute Gasteiger partial charge is 0.406 e. The van der Waals surface area contributed by atoms with E-state index in [4.69, 9.17) is 23.2 Å². The molecule has 3 aromatic rings. The zero-order chi connectivity index (χ0) is 23.5. The third-order valence-electron chi connectivity index (χ3n) is 4.17. The Morgan fingerprint density at radius 3 is 2.31 bits per heavy atom. The van der Waals surface area contributed by atoms with Crippen molar-refractivity contribution in [1.29, 1.82) is 0 Å². The van der Waals surface area contributed by atoms with Crippen LogP contribution in [0.25, 0.3) is 22.6 Å². The van der Waals surface area contributed by atoms with Gasteiger partial charge in [0.15, 0.2) is 5.82 Å². The first-order valence-corrected chi connectivity index (χ1v) is 9.93. The molecule has 0 saturated carbocycles. The van der Waals surface area contributed by atoms with Crippen LogP contribution in [0.3, 0.4) is 0 Å². The molecule has 11 heteroatoms. The van der Waals surface area contributed by atoms with Gasteiger partial charge in [0.2, 0.25) is 0 Å². The lowest BCUT2D eigenvalue weighted by Gasteiger charge is -2.13. The predicted octanol–water partition coefficient (Wildman–Crippen LogP) is 5.13. The van der Waals surface area contributed by atoms with Crippen molar-refractivity contribution < 1.29 is 27.8 Å². The second-order valence-corrected chi connectivity index (χ2v) is 7.53. The van der Waals surface area contributed by atoms with Crippen molar-refractivity contribution in [2.24, 2.45) is 0 Å². The monoisotopic (exact) mass is 485 g/mol. The molecule has 0 spiro atoms. The van der Waals surface area contributed by atoms with E-state index in [0.29, 0.717) is 16.1 Å². The van der Waals surface area contributed by atoms with Crippen molar-refractivity contribution in [3.8, 4) is 28.4 Å². The Bertz CT molecular complexity index is 1130. The molecule has 6 nitrogen and oxygen atoms in total. The molecule has 1 unspecified atom stereocenters. The summed E-state index contributed by atoms with van der Waals surface area (Å²) in [6.45, 7) is 1.34. The fourth-order valence-corrected chi connectivity index (χ4v) is 2.94. The number of aliphatic hydroxyl groups is 1. The number of benzene rings is 2. The Labute approximate surface area is 191 Å². The summed E-state index contributed by atoms with van der Waals surface area (Å²) in [5.41, 5.74) is 1.17. The number of ether oxygens (including phenoxy) is 1. The number of carbonyl (C=O) groups is 1. The van der Waals surface area contributed by atoms with Crippen LogP contribution in [0.5, 0.6) is 5.75 Å². The molecule has 0 aliphatic heterocycles. The zero-order valence-corrected chi connectivity index (χ0v) is 18.0. The molecule has 0 aliphatic rings. The molecule has 0 radical (unpaired) electrons. The van der Waals surface area contributed by atoms with Crippen molar-refractivity contribution in [3.63, 3.8) is 0 Å². The van der Waals surface area contributed by atoms with E-state index in [1.165, 1.54) is 24.3 Å².